The van der Waals surface area contributed by atoms with Crippen molar-refractivity contribution in [3.8, 4) is 0 Å². The van der Waals surface area contributed by atoms with E-state index in [0.717, 1.165) is 0 Å². The van der Waals surface area contributed by atoms with E-state index in [1.165, 1.54) is 18.2 Å². The predicted octanol–water partition coefficient (Wildman–Crippen LogP) is 0.619. The maximum atomic E-state index is 13.9. The van der Waals surface area contributed by atoms with E-state index in [9.17, 15) is 22.4 Å². The molecular formula is C15H20FN3O4S. The number of rotatable bonds is 5. The summed E-state index contributed by atoms with van der Waals surface area (Å²) in [5.74, 6) is -1.19. The van der Waals surface area contributed by atoms with Gasteiger partial charge in [-0.2, -0.15) is 0 Å². The number of carbonyl (C=O) groups is 2. The highest BCUT2D eigenvalue weighted by molar-refractivity contribution is 7.91. The molecule has 132 valence electrons. The number of hydrogen-bond acceptors (Lipinski definition) is 4. The van der Waals surface area contributed by atoms with E-state index in [2.05, 4.69) is 10.6 Å². The van der Waals surface area contributed by atoms with Gasteiger partial charge < -0.3 is 16.4 Å². The van der Waals surface area contributed by atoms with Crippen LogP contribution in [0.1, 0.15) is 31.4 Å². The van der Waals surface area contributed by atoms with Crippen LogP contribution in [-0.2, 0) is 14.6 Å². The fourth-order valence-corrected chi connectivity index (χ4v) is 4.94. The van der Waals surface area contributed by atoms with Gasteiger partial charge in [0.1, 0.15) is 5.82 Å². The number of halogens is 1. The fraction of sp³-hybridized carbons (Fsp3) is 0.467. The third-order valence-corrected chi connectivity index (χ3v) is 5.83. The molecule has 0 bridgehead atoms. The van der Waals surface area contributed by atoms with Crippen molar-refractivity contribution < 1.29 is 22.4 Å². The van der Waals surface area contributed by atoms with Crippen molar-refractivity contribution in [1.29, 1.82) is 0 Å². The van der Waals surface area contributed by atoms with Gasteiger partial charge in [0.25, 0.3) is 0 Å². The normalized spacial score (nSPS) is 23.4. The minimum atomic E-state index is -3.17. The molecule has 0 radical (unpaired) electrons. The zero-order valence-corrected chi connectivity index (χ0v) is 14.0. The summed E-state index contributed by atoms with van der Waals surface area (Å²) in [4.78, 5) is 23.4. The SMILES string of the molecule is C[C@]1(NC(=O)C[C@H](NC(N)=O)c2ccccc2F)CCS(=O)(=O)C1. The summed E-state index contributed by atoms with van der Waals surface area (Å²) in [5, 5.41) is 5.01. The molecule has 4 N–H and O–H groups in total. The molecule has 1 aliphatic rings. The standard InChI is InChI=1S/C15H20FN3O4S/c1-15(6-7-24(22,23)9-15)19-13(20)8-12(18-14(17)21)10-4-2-3-5-11(10)16/h2-5,12H,6-9H2,1H3,(H,19,20)(H3,17,18,21)/t12-,15-/m0/s1. The first-order valence-corrected chi connectivity index (χ1v) is 9.24. The Bertz CT molecular complexity index is 753. The van der Waals surface area contributed by atoms with Crippen LogP contribution in [-0.4, -0.2) is 37.4 Å². The maximum Gasteiger partial charge on any atom is 0.312 e. The first kappa shape index (κ1) is 18.2. The smallest absolute Gasteiger partial charge is 0.312 e. The largest absolute Gasteiger partial charge is 0.352 e. The van der Waals surface area contributed by atoms with Crippen LogP contribution in [0.3, 0.4) is 0 Å². The lowest BCUT2D eigenvalue weighted by Gasteiger charge is -2.26. The van der Waals surface area contributed by atoms with E-state index in [0.29, 0.717) is 6.42 Å². The highest BCUT2D eigenvalue weighted by Gasteiger charge is 2.39. The van der Waals surface area contributed by atoms with Gasteiger partial charge in [0, 0.05) is 5.56 Å². The molecule has 0 unspecified atom stereocenters. The first-order chi connectivity index (χ1) is 11.1. The molecule has 1 fully saturated rings. The van der Waals surface area contributed by atoms with Gasteiger partial charge in [0.2, 0.25) is 5.91 Å². The number of sulfone groups is 1. The third kappa shape index (κ3) is 4.67. The van der Waals surface area contributed by atoms with Crippen LogP contribution in [0.2, 0.25) is 0 Å². The average Bonchev–Trinajstić information content (AvgIpc) is 2.71. The molecule has 24 heavy (non-hydrogen) atoms. The lowest BCUT2D eigenvalue weighted by Crippen LogP contribution is -2.48. The minimum absolute atomic E-state index is 0.0139. The quantitative estimate of drug-likeness (QED) is 0.716. The Hall–Kier alpha value is -2.16. The lowest BCUT2D eigenvalue weighted by atomic mass is 9.99. The molecular weight excluding hydrogens is 337 g/mol. The topological polar surface area (TPSA) is 118 Å². The van der Waals surface area contributed by atoms with E-state index < -0.39 is 39.2 Å². The number of benzene rings is 1. The van der Waals surface area contributed by atoms with Crippen molar-refractivity contribution in [3.05, 3.63) is 35.6 Å². The van der Waals surface area contributed by atoms with E-state index >= 15 is 0 Å². The summed E-state index contributed by atoms with van der Waals surface area (Å²) in [7, 11) is -3.17. The molecule has 9 heteroatoms. The molecule has 1 aromatic rings. The highest BCUT2D eigenvalue weighted by Crippen LogP contribution is 2.25. The van der Waals surface area contributed by atoms with Crippen molar-refractivity contribution in [1.82, 2.24) is 10.6 Å². The summed E-state index contributed by atoms with van der Waals surface area (Å²) in [6.07, 6.45) is 0.0637. The molecule has 0 aliphatic carbocycles. The Morgan fingerprint density at radius 2 is 2.04 bits per heavy atom. The number of urea groups is 1. The molecule has 7 nitrogen and oxygen atoms in total. The van der Waals surface area contributed by atoms with Gasteiger partial charge in [0.05, 0.1) is 29.5 Å². The zero-order valence-electron chi connectivity index (χ0n) is 13.2. The van der Waals surface area contributed by atoms with Crippen molar-refractivity contribution in [2.75, 3.05) is 11.5 Å². The van der Waals surface area contributed by atoms with E-state index in [1.54, 1.807) is 13.0 Å². The molecule has 1 heterocycles. The second-order valence-corrected chi connectivity index (χ2v) is 8.42. The molecule has 2 atom stereocenters. The van der Waals surface area contributed by atoms with Gasteiger partial charge in [0.15, 0.2) is 9.84 Å². The van der Waals surface area contributed by atoms with Crippen LogP contribution in [0.5, 0.6) is 0 Å². The Kier molecular flexibility index (Phi) is 5.12. The average molecular weight is 357 g/mol. The summed E-state index contributed by atoms with van der Waals surface area (Å²) in [5.41, 5.74) is 4.37. The number of nitrogens with two attached hydrogens (primary N) is 1. The molecule has 0 spiro atoms. The molecule has 0 aromatic heterocycles. The summed E-state index contributed by atoms with van der Waals surface area (Å²) < 4.78 is 37.1. The second-order valence-electron chi connectivity index (χ2n) is 6.24. The van der Waals surface area contributed by atoms with Gasteiger partial charge in [-0.15, -0.1) is 0 Å². The van der Waals surface area contributed by atoms with Crippen LogP contribution in [0.4, 0.5) is 9.18 Å². The molecule has 3 amide bonds. The Morgan fingerprint density at radius 3 is 2.58 bits per heavy atom. The zero-order chi connectivity index (χ0) is 18.0. The molecule has 2 rings (SSSR count). The summed E-state index contributed by atoms with van der Waals surface area (Å²) >= 11 is 0. The Morgan fingerprint density at radius 1 is 1.38 bits per heavy atom. The van der Waals surface area contributed by atoms with Crippen molar-refractivity contribution >= 4 is 21.8 Å². The Balaban J connectivity index is 2.11. The lowest BCUT2D eigenvalue weighted by molar-refractivity contribution is -0.123. The first-order valence-electron chi connectivity index (χ1n) is 7.42. The van der Waals surface area contributed by atoms with Crippen LogP contribution >= 0.6 is 0 Å². The van der Waals surface area contributed by atoms with Gasteiger partial charge in [-0.25, -0.2) is 17.6 Å². The number of hydrogen-bond donors (Lipinski definition) is 3. The third-order valence-electron chi connectivity index (χ3n) is 3.93. The van der Waals surface area contributed by atoms with Crippen LogP contribution in [0.25, 0.3) is 0 Å². The van der Waals surface area contributed by atoms with Crippen molar-refractivity contribution in [2.24, 2.45) is 5.73 Å². The number of carbonyl (C=O) groups excluding carboxylic acids is 2. The van der Waals surface area contributed by atoms with Gasteiger partial charge in [-0.1, -0.05) is 18.2 Å². The van der Waals surface area contributed by atoms with Gasteiger partial charge in [-0.05, 0) is 19.4 Å². The molecule has 1 saturated heterocycles. The highest BCUT2D eigenvalue weighted by atomic mass is 32.2. The van der Waals surface area contributed by atoms with E-state index in [4.69, 9.17) is 5.73 Å². The number of nitrogens with one attached hydrogen (secondary N) is 2. The van der Waals surface area contributed by atoms with Gasteiger partial charge in [-0.3, -0.25) is 4.79 Å². The Labute approximate surface area is 139 Å². The molecule has 1 aromatic carbocycles. The number of primary amides is 1. The molecule has 0 saturated carbocycles. The van der Waals surface area contributed by atoms with Crippen LogP contribution in [0, 0.1) is 5.82 Å². The predicted molar refractivity (Wildman–Crippen MR) is 86.3 cm³/mol. The fourth-order valence-electron chi connectivity index (χ4n) is 2.85. The van der Waals surface area contributed by atoms with Crippen LogP contribution in [0.15, 0.2) is 24.3 Å². The maximum absolute atomic E-state index is 13.9. The number of amides is 3. The van der Waals surface area contributed by atoms with Gasteiger partial charge >= 0.3 is 6.03 Å². The summed E-state index contributed by atoms with van der Waals surface area (Å²) in [6, 6.07) is 3.91. The van der Waals surface area contributed by atoms with E-state index in [-0.39, 0.29) is 23.5 Å². The van der Waals surface area contributed by atoms with E-state index in [1.807, 2.05) is 0 Å². The molecule has 1 aliphatic heterocycles. The van der Waals surface area contributed by atoms with Crippen LogP contribution < -0.4 is 16.4 Å². The minimum Gasteiger partial charge on any atom is -0.352 e. The van der Waals surface area contributed by atoms with Crippen molar-refractivity contribution in [3.63, 3.8) is 0 Å². The monoisotopic (exact) mass is 357 g/mol. The van der Waals surface area contributed by atoms with Crippen molar-refractivity contribution in [2.45, 2.75) is 31.3 Å². The second kappa shape index (κ2) is 6.76. The summed E-state index contributed by atoms with van der Waals surface area (Å²) in [6.45, 7) is 1.65.